The Morgan fingerprint density at radius 2 is 1.81 bits per heavy atom. The SMILES string of the molecule is C[N+]1(CCc2ccncc2)CCC[C@@H]1COC(=O)C(O)(c1ccccc1)C1CCCC1. The predicted octanol–water partition coefficient (Wildman–Crippen LogP) is 3.85. The number of likely N-dealkylation sites (N-methyl/N-ethyl adjacent to an activating group) is 1. The zero-order valence-electron chi connectivity index (χ0n) is 18.6. The molecule has 2 unspecified atom stereocenters. The molecule has 0 radical (unpaired) electrons. The number of rotatable bonds is 8. The second kappa shape index (κ2) is 9.49. The van der Waals surface area contributed by atoms with Crippen LogP contribution in [-0.4, -0.2) is 53.3 Å². The molecule has 5 nitrogen and oxygen atoms in total. The van der Waals surface area contributed by atoms with Crippen LogP contribution >= 0.6 is 0 Å². The lowest BCUT2D eigenvalue weighted by Crippen LogP contribution is -2.52. The minimum atomic E-state index is -1.54. The van der Waals surface area contributed by atoms with E-state index in [4.69, 9.17) is 4.74 Å². The van der Waals surface area contributed by atoms with Gasteiger partial charge in [-0.1, -0.05) is 43.2 Å². The van der Waals surface area contributed by atoms with Crippen LogP contribution in [0.5, 0.6) is 0 Å². The van der Waals surface area contributed by atoms with E-state index >= 15 is 0 Å². The Bertz CT molecular complexity index is 853. The van der Waals surface area contributed by atoms with Crippen LogP contribution in [0.4, 0.5) is 0 Å². The number of esters is 1. The molecule has 1 saturated carbocycles. The second-order valence-electron chi connectivity index (χ2n) is 9.54. The van der Waals surface area contributed by atoms with Crippen LogP contribution < -0.4 is 0 Å². The average Bonchev–Trinajstić information content (AvgIpc) is 3.48. The summed E-state index contributed by atoms with van der Waals surface area (Å²) in [5.74, 6) is -0.545. The van der Waals surface area contributed by atoms with E-state index in [9.17, 15) is 9.90 Å². The highest BCUT2D eigenvalue weighted by Gasteiger charge is 2.48. The van der Waals surface area contributed by atoms with Gasteiger partial charge in [-0.05, 0) is 36.1 Å². The fourth-order valence-corrected chi connectivity index (χ4v) is 5.51. The van der Waals surface area contributed by atoms with Crippen molar-refractivity contribution in [1.82, 2.24) is 4.98 Å². The third-order valence-corrected chi connectivity index (χ3v) is 7.63. The zero-order valence-corrected chi connectivity index (χ0v) is 18.6. The van der Waals surface area contributed by atoms with Gasteiger partial charge in [0.05, 0.1) is 20.1 Å². The van der Waals surface area contributed by atoms with Crippen molar-refractivity contribution in [3.8, 4) is 0 Å². The summed E-state index contributed by atoms with van der Waals surface area (Å²) in [7, 11) is 2.27. The first kappa shape index (κ1) is 22.0. The molecule has 1 aromatic heterocycles. The molecular formula is C26H35N2O3+. The maximum atomic E-state index is 13.3. The summed E-state index contributed by atoms with van der Waals surface area (Å²) >= 11 is 0. The molecular weight excluding hydrogens is 388 g/mol. The normalized spacial score (nSPS) is 25.9. The molecule has 3 atom stereocenters. The standard InChI is InChI=1S/C26H35N2O3/c1-28(19-15-21-13-16-27-17-14-21)18-7-12-24(28)20-31-25(29)26(30,23-10-5-6-11-23)22-8-3-2-4-9-22/h2-4,8-9,13-14,16-17,23-24,30H,5-7,10-12,15,18-20H2,1H3/q+1/t24-,26?,28?/m1/s1. The van der Waals surface area contributed by atoms with E-state index in [2.05, 4.69) is 24.2 Å². The van der Waals surface area contributed by atoms with Crippen molar-refractivity contribution in [1.29, 1.82) is 0 Å². The van der Waals surface area contributed by atoms with Crippen molar-refractivity contribution in [3.05, 3.63) is 66.0 Å². The van der Waals surface area contributed by atoms with E-state index < -0.39 is 11.6 Å². The fraction of sp³-hybridized carbons (Fsp3) is 0.538. The number of aromatic nitrogens is 1. The second-order valence-corrected chi connectivity index (χ2v) is 9.54. The highest BCUT2D eigenvalue weighted by Crippen LogP contribution is 2.41. The molecule has 2 aromatic rings. The van der Waals surface area contributed by atoms with Gasteiger partial charge in [-0.25, -0.2) is 4.79 Å². The van der Waals surface area contributed by atoms with Crippen molar-refractivity contribution >= 4 is 5.97 Å². The molecule has 31 heavy (non-hydrogen) atoms. The predicted molar refractivity (Wildman–Crippen MR) is 120 cm³/mol. The highest BCUT2D eigenvalue weighted by atomic mass is 16.6. The maximum Gasteiger partial charge on any atom is 0.343 e. The largest absolute Gasteiger partial charge is 0.457 e. The summed E-state index contributed by atoms with van der Waals surface area (Å²) in [6, 6.07) is 13.8. The molecule has 1 aliphatic carbocycles. The Hall–Kier alpha value is -2.24. The lowest BCUT2D eigenvalue weighted by molar-refractivity contribution is -0.921. The number of likely N-dealkylation sites (tertiary alicyclic amines) is 1. The molecule has 5 heteroatoms. The van der Waals surface area contributed by atoms with Crippen molar-refractivity contribution < 1.29 is 19.1 Å². The highest BCUT2D eigenvalue weighted by molar-refractivity contribution is 5.81. The lowest BCUT2D eigenvalue weighted by atomic mass is 9.80. The summed E-state index contributed by atoms with van der Waals surface area (Å²) in [6.07, 6.45) is 10.7. The lowest BCUT2D eigenvalue weighted by Gasteiger charge is -2.37. The van der Waals surface area contributed by atoms with E-state index in [1.807, 2.05) is 42.7 Å². The molecule has 2 fully saturated rings. The number of ether oxygens (including phenoxy) is 1. The van der Waals surface area contributed by atoms with Crippen LogP contribution in [0.2, 0.25) is 0 Å². The molecule has 1 aromatic carbocycles. The molecule has 2 aliphatic rings. The van der Waals surface area contributed by atoms with Gasteiger partial charge in [0.15, 0.2) is 5.60 Å². The van der Waals surface area contributed by atoms with Crippen molar-refractivity contribution in [2.24, 2.45) is 5.92 Å². The molecule has 0 spiro atoms. The van der Waals surface area contributed by atoms with E-state index in [0.717, 1.165) is 62.5 Å². The summed E-state index contributed by atoms with van der Waals surface area (Å²) in [4.78, 5) is 17.4. The van der Waals surface area contributed by atoms with Crippen LogP contribution in [0.25, 0.3) is 0 Å². The monoisotopic (exact) mass is 423 g/mol. The molecule has 0 amide bonds. The number of hydrogen-bond donors (Lipinski definition) is 1. The fourth-order valence-electron chi connectivity index (χ4n) is 5.51. The van der Waals surface area contributed by atoms with Crippen LogP contribution in [0.3, 0.4) is 0 Å². The van der Waals surface area contributed by atoms with Gasteiger partial charge in [0.2, 0.25) is 0 Å². The number of aliphatic hydroxyl groups is 1. The van der Waals surface area contributed by atoms with Crippen LogP contribution in [0.1, 0.15) is 49.7 Å². The van der Waals surface area contributed by atoms with Crippen LogP contribution in [0, 0.1) is 5.92 Å². The first-order valence-electron chi connectivity index (χ1n) is 11.7. The van der Waals surface area contributed by atoms with E-state index in [1.165, 1.54) is 5.56 Å². The van der Waals surface area contributed by atoms with E-state index in [0.29, 0.717) is 12.2 Å². The zero-order chi connectivity index (χ0) is 21.7. The first-order chi connectivity index (χ1) is 15.0. The molecule has 4 rings (SSSR count). The van der Waals surface area contributed by atoms with Gasteiger partial charge in [-0.15, -0.1) is 0 Å². The van der Waals surface area contributed by atoms with E-state index in [-0.39, 0.29) is 12.0 Å². The molecule has 0 bridgehead atoms. The quantitative estimate of drug-likeness (QED) is 0.517. The summed E-state index contributed by atoms with van der Waals surface area (Å²) in [5.41, 5.74) is 0.404. The number of nitrogens with zero attached hydrogens (tertiary/aromatic N) is 2. The summed E-state index contributed by atoms with van der Waals surface area (Å²) < 4.78 is 6.80. The number of hydrogen-bond acceptors (Lipinski definition) is 4. The minimum absolute atomic E-state index is 0.0708. The molecule has 1 aliphatic heterocycles. The van der Waals surface area contributed by atoms with Gasteiger partial charge < -0.3 is 14.3 Å². The summed E-state index contributed by atoms with van der Waals surface area (Å²) in [6.45, 7) is 2.48. The smallest absolute Gasteiger partial charge is 0.343 e. The molecule has 2 heterocycles. The van der Waals surface area contributed by atoms with Gasteiger partial charge in [-0.3, -0.25) is 4.98 Å². The topological polar surface area (TPSA) is 59.4 Å². The molecule has 1 saturated heterocycles. The first-order valence-corrected chi connectivity index (χ1v) is 11.7. The Labute approximate surface area is 185 Å². The van der Waals surface area contributed by atoms with Crippen LogP contribution in [-0.2, 0) is 21.6 Å². The third-order valence-electron chi connectivity index (χ3n) is 7.63. The molecule has 166 valence electrons. The summed E-state index contributed by atoms with van der Waals surface area (Å²) in [5, 5.41) is 11.6. The number of pyridine rings is 1. The van der Waals surface area contributed by atoms with Gasteiger partial charge in [-0.2, -0.15) is 0 Å². The van der Waals surface area contributed by atoms with Gasteiger partial charge in [0.25, 0.3) is 0 Å². The minimum Gasteiger partial charge on any atom is -0.457 e. The number of carbonyl (C=O) groups is 1. The number of benzene rings is 1. The number of quaternary nitrogens is 1. The third kappa shape index (κ3) is 4.68. The van der Waals surface area contributed by atoms with Gasteiger partial charge in [0, 0.05) is 37.6 Å². The van der Waals surface area contributed by atoms with Crippen molar-refractivity contribution in [2.45, 2.75) is 56.6 Å². The Balaban J connectivity index is 1.43. The van der Waals surface area contributed by atoms with Gasteiger partial charge in [0.1, 0.15) is 12.6 Å². The number of carbonyl (C=O) groups excluding carboxylic acids is 1. The Morgan fingerprint density at radius 3 is 2.52 bits per heavy atom. The molecule has 1 N–H and O–H groups in total. The van der Waals surface area contributed by atoms with Crippen LogP contribution in [0.15, 0.2) is 54.9 Å². The average molecular weight is 424 g/mol. The van der Waals surface area contributed by atoms with Crippen molar-refractivity contribution in [2.75, 3.05) is 26.7 Å². The van der Waals surface area contributed by atoms with Crippen molar-refractivity contribution in [3.63, 3.8) is 0 Å². The van der Waals surface area contributed by atoms with Gasteiger partial charge >= 0.3 is 5.97 Å². The Kier molecular flexibility index (Phi) is 6.73. The van der Waals surface area contributed by atoms with E-state index in [1.54, 1.807) is 0 Å². The Morgan fingerprint density at radius 1 is 1.10 bits per heavy atom. The maximum absolute atomic E-state index is 13.3.